The lowest BCUT2D eigenvalue weighted by atomic mass is 10.2. The summed E-state index contributed by atoms with van der Waals surface area (Å²) in [6.07, 6.45) is 3.92. The van der Waals surface area contributed by atoms with Gasteiger partial charge in [-0.3, -0.25) is 9.79 Å². The molecule has 3 rings (SSSR count). The van der Waals surface area contributed by atoms with Gasteiger partial charge in [-0.1, -0.05) is 30.3 Å². The Morgan fingerprint density at radius 2 is 1.72 bits per heavy atom. The Balaban J connectivity index is 0.00000300. The molecule has 1 aliphatic rings. The molecule has 29 heavy (non-hydrogen) atoms. The lowest BCUT2D eigenvalue weighted by molar-refractivity contribution is -0.131. The summed E-state index contributed by atoms with van der Waals surface area (Å²) in [5.41, 5.74) is 1.18. The van der Waals surface area contributed by atoms with Gasteiger partial charge in [0.25, 0.3) is 0 Å². The van der Waals surface area contributed by atoms with E-state index in [-0.39, 0.29) is 29.9 Å². The van der Waals surface area contributed by atoms with E-state index in [4.69, 9.17) is 0 Å². The molecule has 1 aromatic carbocycles. The van der Waals surface area contributed by atoms with Gasteiger partial charge in [-0.15, -0.1) is 24.0 Å². The number of amides is 1. The molecule has 156 valence electrons. The van der Waals surface area contributed by atoms with Crippen LogP contribution in [0.1, 0.15) is 12.0 Å². The monoisotopic (exact) mass is 509 g/mol. The van der Waals surface area contributed by atoms with Crippen LogP contribution in [0.4, 0.5) is 5.95 Å². The van der Waals surface area contributed by atoms with Gasteiger partial charge in [-0.05, 0) is 11.6 Å². The molecule has 0 atom stereocenters. The van der Waals surface area contributed by atoms with Gasteiger partial charge in [-0.2, -0.15) is 0 Å². The normalized spacial score (nSPS) is 14.2. The molecule has 1 saturated heterocycles. The molecule has 8 nitrogen and oxygen atoms in total. The quantitative estimate of drug-likeness (QED) is 0.349. The van der Waals surface area contributed by atoms with E-state index in [0.29, 0.717) is 38.6 Å². The summed E-state index contributed by atoms with van der Waals surface area (Å²) >= 11 is 0. The SMILES string of the molecule is CN=C(NCCC(=O)N1CCN(c2ncccn2)CC1)NCc1ccccc1.I. The maximum atomic E-state index is 12.5. The first-order valence-corrected chi connectivity index (χ1v) is 9.54. The van der Waals surface area contributed by atoms with E-state index in [1.807, 2.05) is 23.1 Å². The predicted molar refractivity (Wildman–Crippen MR) is 126 cm³/mol. The fraction of sp³-hybridized carbons (Fsp3) is 0.400. The molecule has 1 amide bonds. The first-order chi connectivity index (χ1) is 13.8. The lowest BCUT2D eigenvalue weighted by Gasteiger charge is -2.34. The number of rotatable bonds is 6. The Kier molecular flexibility index (Phi) is 9.62. The summed E-state index contributed by atoms with van der Waals surface area (Å²) in [4.78, 5) is 29.2. The van der Waals surface area contributed by atoms with E-state index in [1.165, 1.54) is 5.56 Å². The van der Waals surface area contributed by atoms with Crippen LogP contribution in [0.2, 0.25) is 0 Å². The first-order valence-electron chi connectivity index (χ1n) is 9.54. The molecule has 0 saturated carbocycles. The highest BCUT2D eigenvalue weighted by Crippen LogP contribution is 2.10. The van der Waals surface area contributed by atoms with Crippen LogP contribution in [0.25, 0.3) is 0 Å². The van der Waals surface area contributed by atoms with Crippen LogP contribution in [-0.4, -0.2) is 66.5 Å². The number of carbonyl (C=O) groups is 1. The number of nitrogens with zero attached hydrogens (tertiary/aromatic N) is 5. The molecule has 2 heterocycles. The largest absolute Gasteiger partial charge is 0.356 e. The van der Waals surface area contributed by atoms with E-state index in [2.05, 4.69) is 42.6 Å². The summed E-state index contributed by atoms with van der Waals surface area (Å²) in [5, 5.41) is 6.46. The van der Waals surface area contributed by atoms with Gasteiger partial charge in [0.1, 0.15) is 0 Å². The number of piperazine rings is 1. The second-order valence-corrected chi connectivity index (χ2v) is 6.50. The smallest absolute Gasteiger partial charge is 0.225 e. The summed E-state index contributed by atoms with van der Waals surface area (Å²) in [5.74, 6) is 1.58. The number of carbonyl (C=O) groups excluding carboxylic acids is 1. The molecule has 0 unspecified atom stereocenters. The Morgan fingerprint density at radius 3 is 2.38 bits per heavy atom. The number of hydrogen-bond acceptors (Lipinski definition) is 5. The maximum absolute atomic E-state index is 12.5. The second kappa shape index (κ2) is 12.2. The topological polar surface area (TPSA) is 85.8 Å². The van der Waals surface area contributed by atoms with Gasteiger partial charge in [0.15, 0.2) is 5.96 Å². The molecule has 2 aromatic rings. The summed E-state index contributed by atoms with van der Waals surface area (Å²) in [6, 6.07) is 11.9. The summed E-state index contributed by atoms with van der Waals surface area (Å²) in [6.45, 7) is 4.14. The first kappa shape index (κ1) is 22.9. The second-order valence-electron chi connectivity index (χ2n) is 6.50. The zero-order valence-corrected chi connectivity index (χ0v) is 19.0. The fourth-order valence-electron chi connectivity index (χ4n) is 3.06. The van der Waals surface area contributed by atoms with E-state index in [0.717, 1.165) is 19.0 Å². The Bertz CT molecular complexity index is 765. The summed E-state index contributed by atoms with van der Waals surface area (Å²) in [7, 11) is 1.73. The number of hydrogen-bond donors (Lipinski definition) is 2. The minimum atomic E-state index is 0. The number of guanidine groups is 1. The molecule has 1 aliphatic heterocycles. The van der Waals surface area contributed by atoms with Crippen LogP contribution >= 0.6 is 24.0 Å². The minimum absolute atomic E-state index is 0. The molecular weight excluding hydrogens is 481 g/mol. The number of nitrogens with one attached hydrogen (secondary N) is 2. The zero-order chi connectivity index (χ0) is 19.6. The molecule has 1 fully saturated rings. The number of benzene rings is 1. The molecule has 2 N–H and O–H groups in total. The highest BCUT2D eigenvalue weighted by Gasteiger charge is 2.22. The van der Waals surface area contributed by atoms with Gasteiger partial charge in [0.2, 0.25) is 11.9 Å². The van der Waals surface area contributed by atoms with Crippen molar-refractivity contribution >= 4 is 41.8 Å². The van der Waals surface area contributed by atoms with Gasteiger partial charge >= 0.3 is 0 Å². The average Bonchev–Trinajstić information content (AvgIpc) is 2.77. The number of anilines is 1. The summed E-state index contributed by atoms with van der Waals surface area (Å²) < 4.78 is 0. The molecule has 9 heteroatoms. The van der Waals surface area contributed by atoms with Crippen molar-refractivity contribution in [2.24, 2.45) is 4.99 Å². The molecular formula is C20H28IN7O. The van der Waals surface area contributed by atoms with Crippen LogP contribution in [0, 0.1) is 0 Å². The third-order valence-electron chi connectivity index (χ3n) is 4.63. The number of aromatic nitrogens is 2. The lowest BCUT2D eigenvalue weighted by Crippen LogP contribution is -2.50. The van der Waals surface area contributed by atoms with Crippen LogP contribution in [0.3, 0.4) is 0 Å². The third-order valence-corrected chi connectivity index (χ3v) is 4.63. The van der Waals surface area contributed by atoms with Crippen molar-refractivity contribution in [3.63, 3.8) is 0 Å². The van der Waals surface area contributed by atoms with Crippen molar-refractivity contribution in [3.8, 4) is 0 Å². The van der Waals surface area contributed by atoms with Crippen LogP contribution < -0.4 is 15.5 Å². The van der Waals surface area contributed by atoms with Crippen molar-refractivity contribution in [3.05, 3.63) is 54.4 Å². The number of halogens is 1. The third kappa shape index (κ3) is 7.15. The van der Waals surface area contributed by atoms with Gasteiger partial charge < -0.3 is 20.4 Å². The minimum Gasteiger partial charge on any atom is -0.356 e. The van der Waals surface area contributed by atoms with Crippen molar-refractivity contribution in [2.45, 2.75) is 13.0 Å². The predicted octanol–water partition coefficient (Wildman–Crippen LogP) is 1.50. The van der Waals surface area contributed by atoms with Crippen molar-refractivity contribution in [2.75, 3.05) is 44.7 Å². The molecule has 0 bridgehead atoms. The Hall–Kier alpha value is -2.43. The Labute approximate surface area is 188 Å². The van der Waals surface area contributed by atoms with Crippen LogP contribution in [0.5, 0.6) is 0 Å². The van der Waals surface area contributed by atoms with E-state index in [9.17, 15) is 4.79 Å². The van der Waals surface area contributed by atoms with E-state index >= 15 is 0 Å². The van der Waals surface area contributed by atoms with Crippen LogP contribution in [-0.2, 0) is 11.3 Å². The standard InChI is InChI=1S/C20H27N7O.HI/c1-21-19(25-16-17-6-3-2-4-7-17)22-11-8-18(28)26-12-14-27(15-13-26)20-23-9-5-10-24-20;/h2-7,9-10H,8,11-16H2,1H3,(H2,21,22,25);1H. The van der Waals surface area contributed by atoms with Gasteiger partial charge in [0.05, 0.1) is 0 Å². The zero-order valence-electron chi connectivity index (χ0n) is 16.6. The Morgan fingerprint density at radius 1 is 1.03 bits per heavy atom. The number of aliphatic imine (C=N–C) groups is 1. The molecule has 0 spiro atoms. The maximum Gasteiger partial charge on any atom is 0.225 e. The average molecular weight is 509 g/mol. The highest BCUT2D eigenvalue weighted by molar-refractivity contribution is 14.0. The van der Waals surface area contributed by atoms with Crippen molar-refractivity contribution in [1.82, 2.24) is 25.5 Å². The molecule has 0 aliphatic carbocycles. The van der Waals surface area contributed by atoms with Crippen molar-refractivity contribution < 1.29 is 4.79 Å². The van der Waals surface area contributed by atoms with Crippen LogP contribution in [0.15, 0.2) is 53.8 Å². The molecule has 1 aromatic heterocycles. The highest BCUT2D eigenvalue weighted by atomic mass is 127. The van der Waals surface area contributed by atoms with E-state index < -0.39 is 0 Å². The van der Waals surface area contributed by atoms with Gasteiger partial charge in [0, 0.05) is 65.1 Å². The molecule has 0 radical (unpaired) electrons. The fourth-order valence-corrected chi connectivity index (χ4v) is 3.06. The van der Waals surface area contributed by atoms with Gasteiger partial charge in [-0.25, -0.2) is 9.97 Å². The van der Waals surface area contributed by atoms with Crippen molar-refractivity contribution in [1.29, 1.82) is 0 Å². The van der Waals surface area contributed by atoms with E-state index in [1.54, 1.807) is 25.5 Å².